The molecule has 0 atom stereocenters. The largest absolute Gasteiger partial charge is 0.383 e. The van der Waals surface area contributed by atoms with Crippen LogP contribution in [-0.4, -0.2) is 37.0 Å². The van der Waals surface area contributed by atoms with Crippen molar-refractivity contribution in [3.05, 3.63) is 33.9 Å². The van der Waals surface area contributed by atoms with Gasteiger partial charge in [-0.05, 0) is 31.9 Å². The van der Waals surface area contributed by atoms with Crippen molar-refractivity contribution in [2.75, 3.05) is 25.2 Å². The third kappa shape index (κ3) is 3.14. The second-order valence-corrected chi connectivity index (χ2v) is 4.93. The van der Waals surface area contributed by atoms with E-state index in [9.17, 15) is 14.9 Å². The summed E-state index contributed by atoms with van der Waals surface area (Å²) in [6.07, 6.45) is 2.07. The Balaban J connectivity index is 2.37. The van der Waals surface area contributed by atoms with E-state index in [-0.39, 0.29) is 11.5 Å². The first-order chi connectivity index (χ1) is 9.54. The van der Waals surface area contributed by atoms with Gasteiger partial charge >= 0.3 is 0 Å². The molecule has 0 amide bonds. The highest BCUT2D eigenvalue weighted by molar-refractivity contribution is 5.95. The molecular weight excluding hydrogens is 260 g/mol. The summed E-state index contributed by atoms with van der Waals surface area (Å²) in [6, 6.07) is 5.02. The summed E-state index contributed by atoms with van der Waals surface area (Å²) in [5.41, 5.74) is 0.920. The van der Waals surface area contributed by atoms with Gasteiger partial charge in [0.15, 0.2) is 5.78 Å². The zero-order valence-electron chi connectivity index (χ0n) is 11.7. The molecule has 2 rings (SSSR count). The number of nitro groups is 1. The minimum Gasteiger partial charge on any atom is -0.383 e. The van der Waals surface area contributed by atoms with Gasteiger partial charge in [0, 0.05) is 31.3 Å². The number of hydrogen-bond acceptors (Lipinski definition) is 5. The van der Waals surface area contributed by atoms with Crippen LogP contribution in [0.4, 0.5) is 11.4 Å². The fourth-order valence-corrected chi connectivity index (χ4v) is 2.21. The van der Waals surface area contributed by atoms with Crippen LogP contribution in [0.25, 0.3) is 0 Å². The number of methoxy groups -OCH3 is 1. The molecule has 0 aromatic heterocycles. The number of carbonyl (C=O) groups excluding carboxylic acids is 1. The van der Waals surface area contributed by atoms with Crippen LogP contribution in [-0.2, 0) is 4.74 Å². The molecule has 0 unspecified atom stereocenters. The third-order valence-electron chi connectivity index (χ3n) is 3.41. The molecule has 1 aliphatic rings. The average Bonchev–Trinajstić information content (AvgIpc) is 3.23. The molecule has 0 N–H and O–H groups in total. The first-order valence-corrected chi connectivity index (χ1v) is 6.59. The molecule has 0 saturated heterocycles. The smallest absolute Gasteiger partial charge is 0.293 e. The summed E-state index contributed by atoms with van der Waals surface area (Å²) in [5.74, 6) is -0.172. The number of Topliss-reactive ketones (excluding diaryl/α,β-unsaturated/α-hetero) is 1. The van der Waals surface area contributed by atoms with E-state index in [2.05, 4.69) is 0 Å². The van der Waals surface area contributed by atoms with Crippen LogP contribution in [0.3, 0.4) is 0 Å². The Kier molecular flexibility index (Phi) is 4.34. The predicted molar refractivity (Wildman–Crippen MR) is 75.3 cm³/mol. The first kappa shape index (κ1) is 14.5. The quantitative estimate of drug-likeness (QED) is 0.435. The second kappa shape index (κ2) is 6.00. The maximum atomic E-state index is 11.4. The van der Waals surface area contributed by atoms with Crippen molar-refractivity contribution in [3.63, 3.8) is 0 Å². The Morgan fingerprint density at radius 1 is 1.50 bits per heavy atom. The van der Waals surface area contributed by atoms with E-state index in [1.54, 1.807) is 19.2 Å². The molecule has 0 heterocycles. The summed E-state index contributed by atoms with van der Waals surface area (Å²) < 4.78 is 5.07. The fourth-order valence-electron chi connectivity index (χ4n) is 2.21. The van der Waals surface area contributed by atoms with Crippen LogP contribution < -0.4 is 4.90 Å². The van der Waals surface area contributed by atoms with E-state index in [0.29, 0.717) is 30.4 Å². The Morgan fingerprint density at radius 2 is 2.20 bits per heavy atom. The summed E-state index contributed by atoms with van der Waals surface area (Å²) in [5, 5.41) is 11.3. The van der Waals surface area contributed by atoms with Gasteiger partial charge in [-0.15, -0.1) is 0 Å². The molecule has 20 heavy (non-hydrogen) atoms. The normalized spacial score (nSPS) is 14.1. The Hall–Kier alpha value is -1.95. The van der Waals surface area contributed by atoms with Crippen LogP contribution in [0.2, 0.25) is 0 Å². The molecule has 6 heteroatoms. The molecule has 0 radical (unpaired) electrons. The van der Waals surface area contributed by atoms with Crippen molar-refractivity contribution < 1.29 is 14.5 Å². The zero-order chi connectivity index (χ0) is 14.7. The molecule has 0 bridgehead atoms. The fraction of sp³-hybridized carbons (Fsp3) is 0.500. The van der Waals surface area contributed by atoms with Gasteiger partial charge in [0.1, 0.15) is 5.69 Å². The van der Waals surface area contributed by atoms with Crippen molar-refractivity contribution in [1.29, 1.82) is 0 Å². The maximum absolute atomic E-state index is 11.4. The van der Waals surface area contributed by atoms with Crippen LogP contribution in [0, 0.1) is 10.1 Å². The lowest BCUT2D eigenvalue weighted by Crippen LogP contribution is -2.30. The third-order valence-corrected chi connectivity index (χ3v) is 3.41. The van der Waals surface area contributed by atoms with E-state index in [4.69, 9.17) is 4.74 Å². The van der Waals surface area contributed by atoms with Crippen LogP contribution >= 0.6 is 0 Å². The molecule has 1 saturated carbocycles. The number of rotatable bonds is 7. The summed E-state index contributed by atoms with van der Waals surface area (Å²) in [7, 11) is 1.61. The Bertz CT molecular complexity index is 526. The molecule has 1 aromatic carbocycles. The number of ether oxygens (including phenoxy) is 1. The lowest BCUT2D eigenvalue weighted by Gasteiger charge is -2.24. The zero-order valence-corrected chi connectivity index (χ0v) is 11.7. The van der Waals surface area contributed by atoms with Gasteiger partial charge in [-0.2, -0.15) is 0 Å². The molecule has 0 aliphatic heterocycles. The van der Waals surface area contributed by atoms with Crippen molar-refractivity contribution in [2.24, 2.45) is 0 Å². The van der Waals surface area contributed by atoms with E-state index in [1.807, 2.05) is 4.90 Å². The molecule has 1 aromatic rings. The topological polar surface area (TPSA) is 72.7 Å². The SMILES string of the molecule is COCCN(c1ccc(C(C)=O)cc1[N+](=O)[O-])C1CC1. The van der Waals surface area contributed by atoms with Gasteiger partial charge in [0.2, 0.25) is 0 Å². The molecule has 6 nitrogen and oxygen atoms in total. The molecular formula is C14H18N2O4. The number of nitro benzene ring substituents is 1. The molecule has 0 spiro atoms. The number of nitrogens with zero attached hydrogens (tertiary/aromatic N) is 2. The molecule has 1 aliphatic carbocycles. The molecule has 1 fully saturated rings. The van der Waals surface area contributed by atoms with Gasteiger partial charge in [-0.1, -0.05) is 0 Å². The van der Waals surface area contributed by atoms with Crippen molar-refractivity contribution in [3.8, 4) is 0 Å². The second-order valence-electron chi connectivity index (χ2n) is 4.93. The first-order valence-electron chi connectivity index (χ1n) is 6.59. The summed E-state index contributed by atoms with van der Waals surface area (Å²) >= 11 is 0. The van der Waals surface area contributed by atoms with Crippen molar-refractivity contribution in [1.82, 2.24) is 0 Å². The highest BCUT2D eigenvalue weighted by atomic mass is 16.6. The number of carbonyl (C=O) groups is 1. The summed E-state index contributed by atoms with van der Waals surface area (Å²) in [4.78, 5) is 24.2. The summed E-state index contributed by atoms with van der Waals surface area (Å²) in [6.45, 7) is 2.53. The lowest BCUT2D eigenvalue weighted by molar-refractivity contribution is -0.384. The van der Waals surface area contributed by atoms with Gasteiger partial charge in [-0.3, -0.25) is 14.9 Å². The van der Waals surface area contributed by atoms with Crippen LogP contribution in [0.15, 0.2) is 18.2 Å². The number of hydrogen-bond donors (Lipinski definition) is 0. The highest BCUT2D eigenvalue weighted by Gasteiger charge is 2.32. The van der Waals surface area contributed by atoms with Gasteiger partial charge in [0.05, 0.1) is 11.5 Å². The average molecular weight is 278 g/mol. The Morgan fingerprint density at radius 3 is 2.70 bits per heavy atom. The monoisotopic (exact) mass is 278 g/mol. The van der Waals surface area contributed by atoms with Gasteiger partial charge < -0.3 is 9.64 Å². The predicted octanol–water partition coefficient (Wildman–Crippen LogP) is 2.41. The lowest BCUT2D eigenvalue weighted by atomic mass is 10.1. The van der Waals surface area contributed by atoms with Crippen LogP contribution in [0.1, 0.15) is 30.1 Å². The maximum Gasteiger partial charge on any atom is 0.293 e. The van der Waals surface area contributed by atoms with E-state index in [1.165, 1.54) is 13.0 Å². The van der Waals surface area contributed by atoms with Crippen molar-refractivity contribution >= 4 is 17.2 Å². The van der Waals surface area contributed by atoms with Gasteiger partial charge in [0.25, 0.3) is 5.69 Å². The van der Waals surface area contributed by atoms with E-state index < -0.39 is 4.92 Å². The molecule has 108 valence electrons. The Labute approximate surface area is 117 Å². The highest BCUT2D eigenvalue weighted by Crippen LogP contribution is 2.37. The number of benzene rings is 1. The van der Waals surface area contributed by atoms with E-state index in [0.717, 1.165) is 12.8 Å². The standard InChI is InChI=1S/C14H18N2O4/c1-10(17)11-3-6-13(14(9-11)16(18)19)15(7-8-20-2)12-4-5-12/h3,6,9,12H,4-5,7-8H2,1-2H3. The van der Waals surface area contributed by atoms with E-state index >= 15 is 0 Å². The van der Waals surface area contributed by atoms with Gasteiger partial charge in [-0.25, -0.2) is 0 Å². The number of anilines is 1. The number of ketones is 1. The minimum atomic E-state index is -0.427. The van der Waals surface area contributed by atoms with Crippen molar-refractivity contribution in [2.45, 2.75) is 25.8 Å². The minimum absolute atomic E-state index is 0.0132. The van der Waals surface area contributed by atoms with Crippen LogP contribution in [0.5, 0.6) is 0 Å².